The number of methoxy groups -OCH3 is 2. The van der Waals surface area contributed by atoms with Crippen LogP contribution in [0.2, 0.25) is 0 Å². The monoisotopic (exact) mass is 379 g/mol. The lowest BCUT2D eigenvalue weighted by atomic mass is 10.2. The summed E-state index contributed by atoms with van der Waals surface area (Å²) in [6.45, 7) is 0. The predicted octanol–water partition coefficient (Wildman–Crippen LogP) is 4.33. The third kappa shape index (κ3) is 3.50. The molecule has 0 aliphatic heterocycles. The summed E-state index contributed by atoms with van der Waals surface area (Å²) in [5.74, 6) is 1.29. The fraction of sp³-hybridized carbons (Fsp3) is 0.100. The Hall–Kier alpha value is -3.32. The minimum atomic E-state index is -0.251. The minimum absolute atomic E-state index is 0.251. The smallest absolute Gasteiger partial charge is 0.275 e. The zero-order chi connectivity index (χ0) is 18.8. The van der Waals surface area contributed by atoms with E-state index in [-0.39, 0.29) is 5.91 Å². The van der Waals surface area contributed by atoms with Gasteiger partial charge in [0.05, 0.1) is 19.1 Å². The van der Waals surface area contributed by atoms with Crippen molar-refractivity contribution < 1.29 is 14.3 Å². The van der Waals surface area contributed by atoms with Gasteiger partial charge in [0.25, 0.3) is 5.91 Å². The number of nitrogens with zero attached hydrogens (tertiary/aromatic N) is 2. The van der Waals surface area contributed by atoms with Crippen molar-refractivity contribution in [1.29, 1.82) is 0 Å². The van der Waals surface area contributed by atoms with Crippen LogP contribution in [0.25, 0.3) is 15.4 Å². The third-order valence-corrected chi connectivity index (χ3v) is 5.14. The number of thiazole rings is 1. The second-order valence-electron chi connectivity index (χ2n) is 5.83. The SMILES string of the molecule is COc1ccc(NC(=O)c2cn3cc(-c4cccc(OC)c4)sc3n2)cc1. The number of amides is 1. The number of imidazole rings is 1. The molecule has 1 N–H and O–H groups in total. The number of fused-ring (bicyclic) bond motifs is 1. The molecule has 2 aromatic carbocycles. The number of benzene rings is 2. The van der Waals surface area contributed by atoms with Crippen molar-refractivity contribution in [3.8, 4) is 21.9 Å². The summed E-state index contributed by atoms with van der Waals surface area (Å²) in [6, 6.07) is 15.0. The second kappa shape index (κ2) is 7.13. The van der Waals surface area contributed by atoms with Gasteiger partial charge in [-0.3, -0.25) is 9.20 Å². The van der Waals surface area contributed by atoms with Gasteiger partial charge in [-0.15, -0.1) is 0 Å². The summed E-state index contributed by atoms with van der Waals surface area (Å²) in [6.07, 6.45) is 3.69. The molecule has 136 valence electrons. The number of anilines is 1. The molecule has 7 heteroatoms. The molecule has 0 saturated heterocycles. The first-order valence-corrected chi connectivity index (χ1v) is 9.06. The van der Waals surface area contributed by atoms with Crippen LogP contribution >= 0.6 is 11.3 Å². The maximum atomic E-state index is 12.4. The molecule has 27 heavy (non-hydrogen) atoms. The van der Waals surface area contributed by atoms with Gasteiger partial charge in [-0.25, -0.2) is 4.98 Å². The number of ether oxygens (including phenoxy) is 2. The molecule has 0 fully saturated rings. The Balaban J connectivity index is 1.55. The Bertz CT molecular complexity index is 1070. The highest BCUT2D eigenvalue weighted by atomic mass is 32.1. The Kier molecular flexibility index (Phi) is 4.52. The predicted molar refractivity (Wildman–Crippen MR) is 106 cm³/mol. The molecule has 2 aromatic heterocycles. The lowest BCUT2D eigenvalue weighted by molar-refractivity contribution is 0.102. The van der Waals surface area contributed by atoms with Crippen molar-refractivity contribution in [3.05, 3.63) is 66.6 Å². The van der Waals surface area contributed by atoms with Gasteiger partial charge in [0.15, 0.2) is 4.96 Å². The highest BCUT2D eigenvalue weighted by molar-refractivity contribution is 7.20. The first-order chi connectivity index (χ1) is 13.2. The molecule has 4 aromatic rings. The molecule has 0 aliphatic rings. The van der Waals surface area contributed by atoms with Gasteiger partial charge < -0.3 is 14.8 Å². The summed E-state index contributed by atoms with van der Waals surface area (Å²) >= 11 is 1.52. The van der Waals surface area contributed by atoms with Crippen LogP contribution in [0.4, 0.5) is 5.69 Å². The van der Waals surface area contributed by atoms with Crippen LogP contribution in [0, 0.1) is 0 Å². The van der Waals surface area contributed by atoms with Crippen LogP contribution in [0.1, 0.15) is 10.5 Å². The molecule has 0 saturated carbocycles. The number of rotatable bonds is 5. The van der Waals surface area contributed by atoms with E-state index in [4.69, 9.17) is 9.47 Å². The molecule has 0 unspecified atom stereocenters. The summed E-state index contributed by atoms with van der Waals surface area (Å²) in [5, 5.41) is 2.84. The van der Waals surface area contributed by atoms with E-state index in [0.717, 1.165) is 26.9 Å². The third-order valence-electron chi connectivity index (χ3n) is 4.09. The van der Waals surface area contributed by atoms with Gasteiger partial charge in [0.1, 0.15) is 17.2 Å². The molecule has 0 aliphatic carbocycles. The zero-order valence-corrected chi connectivity index (χ0v) is 15.6. The molecule has 0 bridgehead atoms. The van der Waals surface area contributed by atoms with Crippen molar-refractivity contribution in [2.45, 2.75) is 0 Å². The maximum absolute atomic E-state index is 12.4. The van der Waals surface area contributed by atoms with Crippen LogP contribution in [0.15, 0.2) is 60.9 Å². The quantitative estimate of drug-likeness (QED) is 0.560. The van der Waals surface area contributed by atoms with E-state index in [1.54, 1.807) is 44.7 Å². The van der Waals surface area contributed by atoms with Gasteiger partial charge in [0, 0.05) is 18.1 Å². The van der Waals surface area contributed by atoms with E-state index in [0.29, 0.717) is 11.4 Å². The topological polar surface area (TPSA) is 64.9 Å². The molecule has 1 amide bonds. The first kappa shape index (κ1) is 17.1. The molecule has 4 rings (SSSR count). The van der Waals surface area contributed by atoms with Crippen LogP contribution in [-0.2, 0) is 0 Å². The van der Waals surface area contributed by atoms with Crippen LogP contribution < -0.4 is 14.8 Å². The lowest BCUT2D eigenvalue weighted by Crippen LogP contribution is -2.12. The summed E-state index contributed by atoms with van der Waals surface area (Å²) in [5.41, 5.74) is 2.11. The van der Waals surface area contributed by atoms with Crippen molar-refractivity contribution in [2.75, 3.05) is 19.5 Å². The number of carbonyl (C=O) groups is 1. The fourth-order valence-electron chi connectivity index (χ4n) is 2.68. The summed E-state index contributed by atoms with van der Waals surface area (Å²) in [4.78, 5) is 18.7. The molecular formula is C20H17N3O3S. The van der Waals surface area contributed by atoms with Gasteiger partial charge in [-0.2, -0.15) is 0 Å². The Morgan fingerprint density at radius 3 is 2.52 bits per heavy atom. The summed E-state index contributed by atoms with van der Waals surface area (Å²) < 4.78 is 12.3. The average molecular weight is 379 g/mol. The van der Waals surface area contributed by atoms with Crippen LogP contribution in [0.5, 0.6) is 11.5 Å². The number of carbonyl (C=O) groups excluding carboxylic acids is 1. The Morgan fingerprint density at radius 2 is 1.81 bits per heavy atom. The van der Waals surface area contributed by atoms with Crippen molar-refractivity contribution in [2.24, 2.45) is 0 Å². The van der Waals surface area contributed by atoms with E-state index in [9.17, 15) is 4.79 Å². The van der Waals surface area contributed by atoms with Crippen molar-refractivity contribution >= 4 is 27.9 Å². The van der Waals surface area contributed by atoms with E-state index in [1.165, 1.54) is 11.3 Å². The van der Waals surface area contributed by atoms with Crippen LogP contribution in [-0.4, -0.2) is 29.5 Å². The van der Waals surface area contributed by atoms with Crippen molar-refractivity contribution in [1.82, 2.24) is 9.38 Å². The Labute approximate surface area is 160 Å². The van der Waals surface area contributed by atoms with Gasteiger partial charge in [-0.05, 0) is 42.0 Å². The van der Waals surface area contributed by atoms with Gasteiger partial charge >= 0.3 is 0 Å². The zero-order valence-electron chi connectivity index (χ0n) is 14.8. The number of aromatic nitrogens is 2. The lowest BCUT2D eigenvalue weighted by Gasteiger charge is -2.04. The Morgan fingerprint density at radius 1 is 1.04 bits per heavy atom. The van der Waals surface area contributed by atoms with E-state index in [2.05, 4.69) is 10.3 Å². The highest BCUT2D eigenvalue weighted by Crippen LogP contribution is 2.30. The molecule has 2 heterocycles. The number of hydrogen-bond donors (Lipinski definition) is 1. The van der Waals surface area contributed by atoms with E-state index < -0.39 is 0 Å². The molecule has 0 radical (unpaired) electrons. The highest BCUT2D eigenvalue weighted by Gasteiger charge is 2.14. The van der Waals surface area contributed by atoms with Crippen LogP contribution in [0.3, 0.4) is 0 Å². The second-order valence-corrected chi connectivity index (χ2v) is 6.84. The maximum Gasteiger partial charge on any atom is 0.275 e. The van der Waals surface area contributed by atoms with E-state index >= 15 is 0 Å². The fourth-order valence-corrected chi connectivity index (χ4v) is 3.65. The standard InChI is InChI=1S/C20H17N3O3S/c1-25-15-8-6-14(7-9-15)21-19(24)17-11-23-12-18(27-20(23)22-17)13-4-3-5-16(10-13)26-2/h3-12H,1-2H3,(H,21,24). The number of nitrogens with one attached hydrogen (secondary N) is 1. The summed E-state index contributed by atoms with van der Waals surface area (Å²) in [7, 11) is 3.25. The minimum Gasteiger partial charge on any atom is -0.497 e. The molecular weight excluding hydrogens is 362 g/mol. The number of hydrogen-bond acceptors (Lipinski definition) is 5. The normalized spacial score (nSPS) is 10.7. The van der Waals surface area contributed by atoms with Crippen molar-refractivity contribution in [3.63, 3.8) is 0 Å². The van der Waals surface area contributed by atoms with E-state index in [1.807, 2.05) is 34.9 Å². The average Bonchev–Trinajstić information content (AvgIpc) is 3.28. The largest absolute Gasteiger partial charge is 0.497 e. The molecule has 0 spiro atoms. The van der Waals surface area contributed by atoms with Gasteiger partial charge in [-0.1, -0.05) is 23.5 Å². The molecule has 0 atom stereocenters. The molecule has 6 nitrogen and oxygen atoms in total. The van der Waals surface area contributed by atoms with Gasteiger partial charge in [0.2, 0.25) is 0 Å². The first-order valence-electron chi connectivity index (χ1n) is 8.24.